The lowest BCUT2D eigenvalue weighted by atomic mass is 10.2. The monoisotopic (exact) mass is 205 g/mol. The Bertz CT molecular complexity index is 438. The van der Waals surface area contributed by atoms with Crippen LogP contribution in [0.5, 0.6) is 0 Å². The van der Waals surface area contributed by atoms with Crippen LogP contribution in [-0.4, -0.2) is 27.7 Å². The van der Waals surface area contributed by atoms with Gasteiger partial charge in [0.1, 0.15) is 0 Å². The van der Waals surface area contributed by atoms with E-state index >= 15 is 0 Å². The lowest BCUT2D eigenvalue weighted by molar-refractivity contribution is 0.251. The average Bonchev–Trinajstić information content (AvgIpc) is 2.72. The smallest absolute Gasteiger partial charge is 0.0931 e. The van der Waals surface area contributed by atoms with Crippen molar-refractivity contribution in [2.75, 3.05) is 6.61 Å². The summed E-state index contributed by atoms with van der Waals surface area (Å²) in [5, 5.41) is 12.1. The number of fused-ring (bicyclic) bond motifs is 1. The van der Waals surface area contributed by atoms with Gasteiger partial charge in [0.05, 0.1) is 24.0 Å². The Morgan fingerprint density at radius 3 is 3.20 bits per heavy atom. The third kappa shape index (κ3) is 2.34. The second-order valence-electron chi connectivity index (χ2n) is 3.72. The maximum atomic E-state index is 8.87. The van der Waals surface area contributed by atoms with E-state index in [9.17, 15) is 0 Å². The van der Waals surface area contributed by atoms with Crippen LogP contribution in [0.1, 0.15) is 12.5 Å². The summed E-state index contributed by atoms with van der Waals surface area (Å²) in [6.07, 6.45) is 1.69. The lowest BCUT2D eigenvalue weighted by Crippen LogP contribution is -2.28. The molecule has 0 aliphatic rings. The summed E-state index contributed by atoms with van der Waals surface area (Å²) in [6.45, 7) is 2.87. The number of hydrogen-bond donors (Lipinski definition) is 3. The molecule has 0 saturated heterocycles. The number of H-pyrrole nitrogens is 1. The van der Waals surface area contributed by atoms with Crippen molar-refractivity contribution in [2.24, 2.45) is 0 Å². The number of aliphatic hydroxyl groups is 1. The number of benzene rings is 1. The topological polar surface area (TPSA) is 60.9 Å². The molecule has 0 spiro atoms. The predicted octanol–water partition coefficient (Wildman–Crippen LogP) is 1.03. The molecule has 0 radical (unpaired) electrons. The second-order valence-corrected chi connectivity index (χ2v) is 3.72. The van der Waals surface area contributed by atoms with Crippen molar-refractivity contribution in [2.45, 2.75) is 19.5 Å². The number of rotatable bonds is 4. The Morgan fingerprint density at radius 1 is 1.53 bits per heavy atom. The van der Waals surface area contributed by atoms with E-state index in [1.54, 1.807) is 6.33 Å². The van der Waals surface area contributed by atoms with Gasteiger partial charge in [0.2, 0.25) is 0 Å². The van der Waals surface area contributed by atoms with Crippen LogP contribution in [0.2, 0.25) is 0 Å². The predicted molar refractivity (Wildman–Crippen MR) is 59.5 cm³/mol. The number of hydrogen-bond acceptors (Lipinski definition) is 3. The first-order chi connectivity index (χ1) is 7.29. The molecule has 1 aromatic carbocycles. The van der Waals surface area contributed by atoms with Crippen LogP contribution < -0.4 is 5.32 Å². The summed E-state index contributed by atoms with van der Waals surface area (Å²) in [6, 6.07) is 6.23. The van der Waals surface area contributed by atoms with Gasteiger partial charge in [-0.25, -0.2) is 4.98 Å². The fraction of sp³-hybridized carbons (Fsp3) is 0.364. The third-order valence-electron chi connectivity index (χ3n) is 2.41. The number of nitrogens with one attached hydrogen (secondary N) is 2. The molecule has 2 aromatic rings. The van der Waals surface area contributed by atoms with E-state index in [-0.39, 0.29) is 12.6 Å². The van der Waals surface area contributed by atoms with Gasteiger partial charge in [0, 0.05) is 12.6 Å². The number of aliphatic hydroxyl groups excluding tert-OH is 1. The fourth-order valence-corrected chi connectivity index (χ4v) is 1.45. The summed E-state index contributed by atoms with van der Waals surface area (Å²) in [5.41, 5.74) is 3.21. The molecule has 2 rings (SSSR count). The second kappa shape index (κ2) is 4.42. The third-order valence-corrected chi connectivity index (χ3v) is 2.41. The summed E-state index contributed by atoms with van der Waals surface area (Å²) in [4.78, 5) is 7.23. The fourth-order valence-electron chi connectivity index (χ4n) is 1.45. The van der Waals surface area contributed by atoms with E-state index in [2.05, 4.69) is 21.4 Å². The molecule has 0 aliphatic heterocycles. The van der Waals surface area contributed by atoms with Gasteiger partial charge in [0.15, 0.2) is 0 Å². The normalized spacial score (nSPS) is 13.2. The van der Waals surface area contributed by atoms with Gasteiger partial charge in [-0.1, -0.05) is 6.07 Å². The number of nitrogens with zero attached hydrogens (tertiary/aromatic N) is 1. The van der Waals surface area contributed by atoms with E-state index in [1.807, 2.05) is 19.1 Å². The highest BCUT2D eigenvalue weighted by molar-refractivity contribution is 5.74. The number of aromatic amines is 1. The SMILES string of the molecule is CC(CO)NCc1ccc2nc[nH]c2c1. The van der Waals surface area contributed by atoms with E-state index in [4.69, 9.17) is 5.11 Å². The van der Waals surface area contributed by atoms with Crippen molar-refractivity contribution in [3.63, 3.8) is 0 Å². The highest BCUT2D eigenvalue weighted by atomic mass is 16.3. The van der Waals surface area contributed by atoms with E-state index in [1.165, 1.54) is 5.56 Å². The molecule has 1 unspecified atom stereocenters. The largest absolute Gasteiger partial charge is 0.395 e. The molecule has 3 N–H and O–H groups in total. The van der Waals surface area contributed by atoms with Crippen molar-refractivity contribution in [3.05, 3.63) is 30.1 Å². The molecule has 4 nitrogen and oxygen atoms in total. The zero-order valence-electron chi connectivity index (χ0n) is 8.70. The summed E-state index contributed by atoms with van der Waals surface area (Å²) < 4.78 is 0. The van der Waals surface area contributed by atoms with Gasteiger partial charge in [-0.2, -0.15) is 0 Å². The van der Waals surface area contributed by atoms with Gasteiger partial charge in [-0.3, -0.25) is 0 Å². The Labute approximate surface area is 88.3 Å². The standard InChI is InChI=1S/C11H15N3O/c1-8(6-15)12-5-9-2-3-10-11(4-9)14-7-13-10/h2-4,7-8,12,15H,5-6H2,1H3,(H,13,14). The number of aromatic nitrogens is 2. The molecule has 0 bridgehead atoms. The molecule has 4 heteroatoms. The van der Waals surface area contributed by atoms with Crippen LogP contribution >= 0.6 is 0 Å². The molecule has 1 heterocycles. The molecule has 0 fully saturated rings. The molecule has 0 amide bonds. The minimum atomic E-state index is 0.127. The van der Waals surface area contributed by atoms with Crippen LogP contribution in [0.15, 0.2) is 24.5 Å². The van der Waals surface area contributed by atoms with Crippen molar-refractivity contribution >= 4 is 11.0 Å². The van der Waals surface area contributed by atoms with Gasteiger partial charge in [-0.15, -0.1) is 0 Å². The van der Waals surface area contributed by atoms with E-state index in [0.29, 0.717) is 0 Å². The zero-order chi connectivity index (χ0) is 10.7. The average molecular weight is 205 g/mol. The Hall–Kier alpha value is -1.39. The number of imidazole rings is 1. The van der Waals surface area contributed by atoms with Crippen molar-refractivity contribution < 1.29 is 5.11 Å². The van der Waals surface area contributed by atoms with Crippen LogP contribution in [0.3, 0.4) is 0 Å². The summed E-state index contributed by atoms with van der Waals surface area (Å²) in [5.74, 6) is 0. The first-order valence-corrected chi connectivity index (χ1v) is 5.06. The molecule has 15 heavy (non-hydrogen) atoms. The highest BCUT2D eigenvalue weighted by Crippen LogP contribution is 2.11. The zero-order valence-corrected chi connectivity index (χ0v) is 8.70. The van der Waals surface area contributed by atoms with Crippen molar-refractivity contribution in [1.29, 1.82) is 0 Å². The maximum absolute atomic E-state index is 8.87. The molecule has 80 valence electrons. The first-order valence-electron chi connectivity index (χ1n) is 5.06. The highest BCUT2D eigenvalue weighted by Gasteiger charge is 2.01. The minimum absolute atomic E-state index is 0.127. The molecule has 0 aliphatic carbocycles. The lowest BCUT2D eigenvalue weighted by Gasteiger charge is -2.10. The molecule has 1 atom stereocenters. The van der Waals surface area contributed by atoms with E-state index in [0.717, 1.165) is 17.6 Å². The van der Waals surface area contributed by atoms with Crippen LogP contribution in [-0.2, 0) is 6.54 Å². The molecule has 1 aromatic heterocycles. The van der Waals surface area contributed by atoms with Crippen molar-refractivity contribution in [1.82, 2.24) is 15.3 Å². The Morgan fingerprint density at radius 2 is 2.40 bits per heavy atom. The Balaban J connectivity index is 2.08. The summed E-state index contributed by atoms with van der Waals surface area (Å²) >= 11 is 0. The Kier molecular flexibility index (Phi) is 2.99. The van der Waals surface area contributed by atoms with Crippen LogP contribution in [0.25, 0.3) is 11.0 Å². The van der Waals surface area contributed by atoms with Gasteiger partial charge in [0.25, 0.3) is 0 Å². The molecular formula is C11H15N3O. The van der Waals surface area contributed by atoms with Crippen LogP contribution in [0.4, 0.5) is 0 Å². The van der Waals surface area contributed by atoms with Gasteiger partial charge >= 0.3 is 0 Å². The molecular weight excluding hydrogens is 190 g/mol. The molecule has 0 saturated carbocycles. The van der Waals surface area contributed by atoms with E-state index < -0.39 is 0 Å². The van der Waals surface area contributed by atoms with Crippen molar-refractivity contribution in [3.8, 4) is 0 Å². The van der Waals surface area contributed by atoms with Gasteiger partial charge < -0.3 is 15.4 Å². The van der Waals surface area contributed by atoms with Crippen LogP contribution in [0, 0.1) is 0 Å². The first kappa shape index (κ1) is 10.1. The van der Waals surface area contributed by atoms with Gasteiger partial charge in [-0.05, 0) is 24.6 Å². The quantitative estimate of drug-likeness (QED) is 0.698. The minimum Gasteiger partial charge on any atom is -0.395 e. The summed E-state index contributed by atoms with van der Waals surface area (Å²) in [7, 11) is 0. The maximum Gasteiger partial charge on any atom is 0.0931 e.